The third-order valence-electron chi connectivity index (χ3n) is 2.08. The molecule has 1 heterocycles. The number of ether oxygens (including phenoxy) is 2. The lowest BCUT2D eigenvalue weighted by Crippen LogP contribution is -2.17. The molecule has 1 aliphatic rings. The van der Waals surface area contributed by atoms with E-state index in [4.69, 9.17) is 4.74 Å². The lowest BCUT2D eigenvalue weighted by Gasteiger charge is -2.17. The molecule has 16 heavy (non-hydrogen) atoms. The molecule has 0 N–H and O–H groups in total. The zero-order valence-corrected chi connectivity index (χ0v) is 8.47. The zero-order chi connectivity index (χ0) is 11.8. The summed E-state index contributed by atoms with van der Waals surface area (Å²) in [5.41, 5.74) is 1.79. The normalized spacial score (nSPS) is 14.9. The summed E-state index contributed by atoms with van der Waals surface area (Å²) in [7, 11) is 0. The molecule has 0 radical (unpaired) electrons. The predicted octanol–water partition coefficient (Wildman–Crippen LogP) is 3.38. The molecular weight excluding hydrogens is 221 g/mol. The van der Waals surface area contributed by atoms with Crippen LogP contribution in [0, 0.1) is 0 Å². The van der Waals surface area contributed by atoms with Gasteiger partial charge in [-0.1, -0.05) is 0 Å². The first-order valence-corrected chi connectivity index (χ1v) is 4.64. The maximum Gasteiger partial charge on any atom is 0.573 e. The van der Waals surface area contributed by atoms with Gasteiger partial charge in [-0.15, -0.1) is 13.2 Å². The summed E-state index contributed by atoms with van der Waals surface area (Å²) in [6.45, 7) is 2.28. The first-order chi connectivity index (χ1) is 7.44. The molecule has 1 aromatic rings. The molecule has 5 heteroatoms. The Morgan fingerprint density at radius 1 is 1.31 bits per heavy atom. The van der Waals surface area contributed by atoms with Crippen LogP contribution in [0.15, 0.2) is 23.8 Å². The number of rotatable bonds is 1. The van der Waals surface area contributed by atoms with E-state index >= 15 is 0 Å². The second-order valence-corrected chi connectivity index (χ2v) is 3.53. The van der Waals surface area contributed by atoms with Crippen LogP contribution >= 0.6 is 0 Å². The van der Waals surface area contributed by atoms with Gasteiger partial charge in [0.05, 0.1) is 0 Å². The highest BCUT2D eigenvalue weighted by molar-refractivity contribution is 5.63. The van der Waals surface area contributed by atoms with E-state index in [1.54, 1.807) is 6.07 Å². The average molecular weight is 230 g/mol. The zero-order valence-electron chi connectivity index (χ0n) is 8.47. The molecule has 1 aromatic carbocycles. The van der Waals surface area contributed by atoms with Gasteiger partial charge in [-0.05, 0) is 30.7 Å². The van der Waals surface area contributed by atoms with Gasteiger partial charge in [-0.25, -0.2) is 0 Å². The molecule has 86 valence electrons. The summed E-state index contributed by atoms with van der Waals surface area (Å²) in [5.74, 6) is 0.145. The Labute approximate surface area is 90.3 Å². The minimum atomic E-state index is -4.67. The third-order valence-corrected chi connectivity index (χ3v) is 2.08. The van der Waals surface area contributed by atoms with E-state index < -0.39 is 6.36 Å². The lowest BCUT2D eigenvalue weighted by atomic mass is 10.1. The van der Waals surface area contributed by atoms with Crippen molar-refractivity contribution >= 4 is 6.08 Å². The highest BCUT2D eigenvalue weighted by Gasteiger charge is 2.31. The van der Waals surface area contributed by atoms with Crippen LogP contribution in [0.1, 0.15) is 12.5 Å². The minimum absolute atomic E-state index is 0.265. The van der Waals surface area contributed by atoms with Gasteiger partial charge in [0, 0.05) is 11.6 Å². The van der Waals surface area contributed by atoms with Gasteiger partial charge < -0.3 is 9.47 Å². The molecule has 0 bridgehead atoms. The molecule has 2 rings (SSSR count). The van der Waals surface area contributed by atoms with Crippen molar-refractivity contribution in [3.63, 3.8) is 0 Å². The van der Waals surface area contributed by atoms with Gasteiger partial charge in [-0.2, -0.15) is 0 Å². The lowest BCUT2D eigenvalue weighted by molar-refractivity contribution is -0.274. The van der Waals surface area contributed by atoms with E-state index in [1.165, 1.54) is 12.1 Å². The van der Waals surface area contributed by atoms with Gasteiger partial charge >= 0.3 is 6.36 Å². The SMILES string of the molecule is CC1=Cc2ccc(OC(F)(F)F)cc2OC1. The quantitative estimate of drug-likeness (QED) is 0.736. The molecule has 0 saturated carbocycles. The van der Waals surface area contributed by atoms with Gasteiger partial charge in [0.15, 0.2) is 0 Å². The predicted molar refractivity (Wildman–Crippen MR) is 52.3 cm³/mol. The Kier molecular flexibility index (Phi) is 2.53. The van der Waals surface area contributed by atoms with E-state index in [0.29, 0.717) is 12.4 Å². The van der Waals surface area contributed by atoms with Crippen molar-refractivity contribution in [1.82, 2.24) is 0 Å². The van der Waals surface area contributed by atoms with Crippen molar-refractivity contribution in [2.75, 3.05) is 6.61 Å². The van der Waals surface area contributed by atoms with Crippen LogP contribution < -0.4 is 9.47 Å². The average Bonchev–Trinajstić information content (AvgIpc) is 2.16. The van der Waals surface area contributed by atoms with Crippen LogP contribution in [0.3, 0.4) is 0 Å². The van der Waals surface area contributed by atoms with Crippen molar-refractivity contribution in [3.05, 3.63) is 29.3 Å². The summed E-state index contributed by atoms with van der Waals surface area (Å²) >= 11 is 0. The Hall–Kier alpha value is -1.65. The van der Waals surface area contributed by atoms with E-state index in [1.807, 2.05) is 13.0 Å². The molecule has 0 aliphatic carbocycles. The Morgan fingerprint density at radius 3 is 2.75 bits per heavy atom. The molecule has 0 unspecified atom stereocenters. The van der Waals surface area contributed by atoms with Crippen molar-refractivity contribution < 1.29 is 22.6 Å². The Morgan fingerprint density at radius 2 is 2.06 bits per heavy atom. The molecule has 0 saturated heterocycles. The number of benzene rings is 1. The number of halogens is 3. The minimum Gasteiger partial charge on any atom is -0.488 e. The third kappa shape index (κ3) is 2.48. The number of alkyl halides is 3. The van der Waals surface area contributed by atoms with Crippen LogP contribution in [0.2, 0.25) is 0 Å². The number of fused-ring (bicyclic) bond motifs is 1. The first-order valence-electron chi connectivity index (χ1n) is 4.64. The summed E-state index contributed by atoms with van der Waals surface area (Å²) in [6.07, 6.45) is -2.80. The summed E-state index contributed by atoms with van der Waals surface area (Å²) in [6, 6.07) is 4.05. The van der Waals surface area contributed by atoms with Crippen LogP contribution in [-0.4, -0.2) is 13.0 Å². The molecule has 0 aromatic heterocycles. The smallest absolute Gasteiger partial charge is 0.488 e. The monoisotopic (exact) mass is 230 g/mol. The number of hydrogen-bond acceptors (Lipinski definition) is 2. The van der Waals surface area contributed by atoms with Crippen molar-refractivity contribution in [2.24, 2.45) is 0 Å². The second-order valence-electron chi connectivity index (χ2n) is 3.53. The van der Waals surface area contributed by atoms with Crippen LogP contribution in [-0.2, 0) is 0 Å². The van der Waals surface area contributed by atoms with Gasteiger partial charge in [0.2, 0.25) is 0 Å². The second kappa shape index (κ2) is 3.73. The van der Waals surface area contributed by atoms with Crippen molar-refractivity contribution in [1.29, 1.82) is 0 Å². The molecule has 2 nitrogen and oxygen atoms in total. The van der Waals surface area contributed by atoms with Crippen molar-refractivity contribution in [3.8, 4) is 11.5 Å². The van der Waals surface area contributed by atoms with Gasteiger partial charge in [0.25, 0.3) is 0 Å². The van der Waals surface area contributed by atoms with Gasteiger partial charge in [-0.3, -0.25) is 0 Å². The first kappa shape index (κ1) is 10.9. The Bertz CT molecular complexity index is 435. The fourth-order valence-corrected chi connectivity index (χ4v) is 1.45. The van der Waals surface area contributed by atoms with Crippen molar-refractivity contribution in [2.45, 2.75) is 13.3 Å². The highest BCUT2D eigenvalue weighted by atomic mass is 19.4. The number of hydrogen-bond donors (Lipinski definition) is 0. The van der Waals surface area contributed by atoms with Gasteiger partial charge in [0.1, 0.15) is 18.1 Å². The van der Waals surface area contributed by atoms with E-state index in [-0.39, 0.29) is 5.75 Å². The Balaban J connectivity index is 2.27. The summed E-state index contributed by atoms with van der Waals surface area (Å²) < 4.78 is 45.0. The van der Waals surface area contributed by atoms with E-state index in [2.05, 4.69) is 4.74 Å². The van der Waals surface area contributed by atoms with E-state index in [0.717, 1.165) is 11.1 Å². The van der Waals surface area contributed by atoms with Crippen LogP contribution in [0.25, 0.3) is 6.08 Å². The van der Waals surface area contributed by atoms with Crippen LogP contribution in [0.4, 0.5) is 13.2 Å². The molecule has 0 spiro atoms. The molecule has 0 atom stereocenters. The largest absolute Gasteiger partial charge is 0.573 e. The van der Waals surface area contributed by atoms with Crippen LogP contribution in [0.5, 0.6) is 11.5 Å². The molecule has 1 aliphatic heterocycles. The molecule has 0 fully saturated rings. The fraction of sp³-hybridized carbons (Fsp3) is 0.273. The topological polar surface area (TPSA) is 18.5 Å². The summed E-state index contributed by atoms with van der Waals surface area (Å²) in [4.78, 5) is 0. The fourth-order valence-electron chi connectivity index (χ4n) is 1.45. The summed E-state index contributed by atoms with van der Waals surface area (Å²) in [5, 5.41) is 0. The van der Waals surface area contributed by atoms with E-state index in [9.17, 15) is 13.2 Å². The standard InChI is InChI=1S/C11H9F3O2/c1-7-4-8-2-3-9(16-11(12,13)14)5-10(8)15-6-7/h2-5H,6H2,1H3. The molecule has 0 amide bonds. The molecular formula is C11H9F3O2. The maximum atomic E-state index is 12.0. The maximum absolute atomic E-state index is 12.0. The highest BCUT2D eigenvalue weighted by Crippen LogP contribution is 2.32.